The second-order valence-corrected chi connectivity index (χ2v) is 4.12. The zero-order valence-corrected chi connectivity index (χ0v) is 10.3. The normalized spacial score (nSPS) is 22.4. The molecule has 0 aromatic heterocycles. The number of rotatable bonds is 3. The number of urea groups is 1. The topological polar surface area (TPSA) is 120 Å². The summed E-state index contributed by atoms with van der Waals surface area (Å²) in [4.78, 5) is 26.4. The highest BCUT2D eigenvalue weighted by molar-refractivity contribution is 6.08. The number of ether oxygens (including phenoxy) is 1. The third kappa shape index (κ3) is 2.49. The minimum absolute atomic E-state index is 0.0722. The maximum absolute atomic E-state index is 11.5. The van der Waals surface area contributed by atoms with Gasteiger partial charge in [-0.3, -0.25) is 4.79 Å². The van der Waals surface area contributed by atoms with E-state index < -0.39 is 23.9 Å². The van der Waals surface area contributed by atoms with Crippen LogP contribution in [0.4, 0.5) is 4.79 Å². The minimum atomic E-state index is -0.855. The van der Waals surface area contributed by atoms with E-state index in [0.29, 0.717) is 11.3 Å². The summed E-state index contributed by atoms with van der Waals surface area (Å²) in [5.74, 6) is -0.895. The zero-order valence-electron chi connectivity index (χ0n) is 10.3. The molecule has 0 bridgehead atoms. The number of benzene rings is 1. The number of aliphatic imine (C=N–C) groups is 1. The third-order valence-electron chi connectivity index (χ3n) is 2.94. The number of nitrogens with zero attached hydrogens (tertiary/aromatic N) is 1. The first-order valence-electron chi connectivity index (χ1n) is 5.60. The number of nitrogens with one attached hydrogen (secondary N) is 1. The number of carbonyl (C=O) groups is 2. The monoisotopic (exact) mass is 262 g/mol. The SMILES string of the molecule is COc1ccc(C2NC(=O)N=C(N)C2C(N)=O)cc1. The second kappa shape index (κ2) is 4.97. The summed E-state index contributed by atoms with van der Waals surface area (Å²) >= 11 is 0. The predicted octanol–water partition coefficient (Wildman–Crippen LogP) is -0.0818. The van der Waals surface area contributed by atoms with Gasteiger partial charge in [0.15, 0.2) is 0 Å². The Bertz CT molecular complexity index is 538. The number of amides is 3. The van der Waals surface area contributed by atoms with Crippen molar-refractivity contribution in [1.29, 1.82) is 0 Å². The van der Waals surface area contributed by atoms with E-state index in [-0.39, 0.29) is 5.84 Å². The van der Waals surface area contributed by atoms with E-state index in [9.17, 15) is 9.59 Å². The van der Waals surface area contributed by atoms with Gasteiger partial charge in [0.2, 0.25) is 5.91 Å². The lowest BCUT2D eigenvalue weighted by atomic mass is 9.90. The standard InChI is InChI=1S/C12H14N4O3/c1-19-7-4-2-6(3-5-7)9-8(11(14)17)10(13)16-12(18)15-9/h2-5,8-9H,1H3,(H2,14,17)(H3,13,15,16,18). The lowest BCUT2D eigenvalue weighted by molar-refractivity contribution is -0.120. The first-order valence-corrected chi connectivity index (χ1v) is 5.60. The maximum Gasteiger partial charge on any atom is 0.343 e. The first kappa shape index (κ1) is 12.9. The predicted molar refractivity (Wildman–Crippen MR) is 68.6 cm³/mol. The van der Waals surface area contributed by atoms with Crippen LogP contribution in [-0.2, 0) is 4.79 Å². The van der Waals surface area contributed by atoms with E-state index in [4.69, 9.17) is 16.2 Å². The van der Waals surface area contributed by atoms with Crippen LogP contribution in [0.25, 0.3) is 0 Å². The molecule has 3 amide bonds. The summed E-state index contributed by atoms with van der Waals surface area (Å²) in [5.41, 5.74) is 11.6. The molecule has 1 aliphatic rings. The lowest BCUT2D eigenvalue weighted by Gasteiger charge is -2.28. The van der Waals surface area contributed by atoms with Gasteiger partial charge in [-0.15, -0.1) is 0 Å². The van der Waals surface area contributed by atoms with Crippen molar-refractivity contribution < 1.29 is 14.3 Å². The Morgan fingerprint density at radius 3 is 2.53 bits per heavy atom. The second-order valence-electron chi connectivity index (χ2n) is 4.12. The fourth-order valence-corrected chi connectivity index (χ4v) is 2.00. The largest absolute Gasteiger partial charge is 0.497 e. The molecule has 1 heterocycles. The lowest BCUT2D eigenvalue weighted by Crippen LogP contribution is -2.49. The molecular formula is C12H14N4O3. The van der Waals surface area contributed by atoms with Crippen molar-refractivity contribution in [3.8, 4) is 5.75 Å². The zero-order chi connectivity index (χ0) is 14.0. The van der Waals surface area contributed by atoms with Gasteiger partial charge in [0, 0.05) is 0 Å². The average molecular weight is 262 g/mol. The summed E-state index contributed by atoms with van der Waals surface area (Å²) in [6.07, 6.45) is 0. The average Bonchev–Trinajstić information content (AvgIpc) is 2.37. The molecule has 7 nitrogen and oxygen atoms in total. The molecule has 1 aliphatic heterocycles. The van der Waals surface area contributed by atoms with Crippen LogP contribution in [0, 0.1) is 5.92 Å². The smallest absolute Gasteiger partial charge is 0.343 e. The Hall–Kier alpha value is -2.57. The van der Waals surface area contributed by atoms with Crippen LogP contribution in [-0.4, -0.2) is 24.9 Å². The van der Waals surface area contributed by atoms with Crippen LogP contribution in [0.5, 0.6) is 5.75 Å². The van der Waals surface area contributed by atoms with Gasteiger partial charge in [-0.2, -0.15) is 4.99 Å². The number of hydrogen-bond donors (Lipinski definition) is 3. The van der Waals surface area contributed by atoms with Gasteiger partial charge in [0.05, 0.1) is 13.2 Å². The van der Waals surface area contributed by atoms with Crippen LogP contribution in [0.3, 0.4) is 0 Å². The van der Waals surface area contributed by atoms with Crippen LogP contribution < -0.4 is 21.5 Å². The summed E-state index contributed by atoms with van der Waals surface area (Å²) in [6, 6.07) is 5.71. The number of carbonyl (C=O) groups excluding carboxylic acids is 2. The molecule has 0 saturated carbocycles. The molecule has 1 aromatic carbocycles. The maximum atomic E-state index is 11.5. The van der Waals surface area contributed by atoms with E-state index in [1.165, 1.54) is 0 Å². The Kier molecular flexibility index (Phi) is 3.37. The van der Waals surface area contributed by atoms with E-state index >= 15 is 0 Å². The number of amidine groups is 1. The molecule has 0 spiro atoms. The quantitative estimate of drug-likeness (QED) is 0.705. The molecule has 1 aromatic rings. The molecule has 0 aliphatic carbocycles. The fourth-order valence-electron chi connectivity index (χ4n) is 2.00. The van der Waals surface area contributed by atoms with Crippen molar-refractivity contribution in [3.63, 3.8) is 0 Å². The molecule has 19 heavy (non-hydrogen) atoms. The number of primary amides is 1. The number of nitrogens with two attached hydrogens (primary N) is 2. The highest BCUT2D eigenvalue weighted by atomic mass is 16.5. The third-order valence-corrected chi connectivity index (χ3v) is 2.94. The Morgan fingerprint density at radius 2 is 2.00 bits per heavy atom. The minimum Gasteiger partial charge on any atom is -0.497 e. The van der Waals surface area contributed by atoms with Crippen molar-refractivity contribution in [2.45, 2.75) is 6.04 Å². The molecule has 0 saturated heterocycles. The van der Waals surface area contributed by atoms with Gasteiger partial charge in [0.25, 0.3) is 0 Å². The van der Waals surface area contributed by atoms with Gasteiger partial charge in [0.1, 0.15) is 17.5 Å². The van der Waals surface area contributed by atoms with E-state index in [2.05, 4.69) is 10.3 Å². The molecule has 2 unspecified atom stereocenters. The Balaban J connectivity index is 2.37. The van der Waals surface area contributed by atoms with Crippen molar-refractivity contribution in [2.24, 2.45) is 22.4 Å². The summed E-state index contributed by atoms with van der Waals surface area (Å²) in [6.45, 7) is 0. The molecule has 7 heteroatoms. The van der Waals surface area contributed by atoms with Crippen molar-refractivity contribution >= 4 is 17.8 Å². The summed E-state index contributed by atoms with van der Waals surface area (Å²) < 4.78 is 5.05. The van der Waals surface area contributed by atoms with Gasteiger partial charge in [-0.1, -0.05) is 12.1 Å². The Morgan fingerprint density at radius 1 is 1.37 bits per heavy atom. The number of methoxy groups -OCH3 is 1. The summed E-state index contributed by atoms with van der Waals surface area (Å²) in [7, 11) is 1.55. The van der Waals surface area contributed by atoms with Gasteiger partial charge in [-0.25, -0.2) is 4.79 Å². The molecule has 2 rings (SSSR count). The van der Waals surface area contributed by atoms with E-state index in [1.54, 1.807) is 31.4 Å². The van der Waals surface area contributed by atoms with Gasteiger partial charge >= 0.3 is 6.03 Å². The highest BCUT2D eigenvalue weighted by Gasteiger charge is 2.36. The molecule has 0 radical (unpaired) electrons. The molecule has 0 fully saturated rings. The van der Waals surface area contributed by atoms with Gasteiger partial charge < -0.3 is 21.5 Å². The van der Waals surface area contributed by atoms with Crippen molar-refractivity contribution in [1.82, 2.24) is 5.32 Å². The summed E-state index contributed by atoms with van der Waals surface area (Å²) in [5, 5.41) is 2.58. The molecule has 5 N–H and O–H groups in total. The van der Waals surface area contributed by atoms with Crippen molar-refractivity contribution in [3.05, 3.63) is 29.8 Å². The Labute approximate surface area is 109 Å². The molecule has 100 valence electrons. The van der Waals surface area contributed by atoms with Crippen LogP contribution in [0.1, 0.15) is 11.6 Å². The molecule has 2 atom stereocenters. The van der Waals surface area contributed by atoms with E-state index in [1.807, 2.05) is 0 Å². The molecular weight excluding hydrogens is 248 g/mol. The van der Waals surface area contributed by atoms with Gasteiger partial charge in [-0.05, 0) is 17.7 Å². The highest BCUT2D eigenvalue weighted by Crippen LogP contribution is 2.26. The van der Waals surface area contributed by atoms with E-state index in [0.717, 1.165) is 0 Å². The van der Waals surface area contributed by atoms with Crippen LogP contribution in [0.2, 0.25) is 0 Å². The number of hydrogen-bond acceptors (Lipinski definition) is 4. The van der Waals surface area contributed by atoms with Crippen molar-refractivity contribution in [2.75, 3.05) is 7.11 Å². The fraction of sp³-hybridized carbons (Fsp3) is 0.250. The first-order chi connectivity index (χ1) is 9.02. The van der Waals surface area contributed by atoms with Crippen LogP contribution in [0.15, 0.2) is 29.3 Å². The van der Waals surface area contributed by atoms with Crippen LogP contribution >= 0.6 is 0 Å².